The molecule has 3 aromatic rings. The second-order valence-electron chi connectivity index (χ2n) is 6.84. The Hall–Kier alpha value is -2.05. The van der Waals surface area contributed by atoms with Crippen LogP contribution in [0.25, 0.3) is 10.9 Å². The maximum Gasteiger partial charge on any atom is 0.262 e. The van der Waals surface area contributed by atoms with Gasteiger partial charge in [-0.15, -0.1) is 11.3 Å². The Morgan fingerprint density at radius 2 is 2.03 bits per heavy atom. The topological polar surface area (TPSA) is 118 Å². The Balaban J connectivity index is 1.72. The molecular formula is C20H23N3O5S3. The lowest BCUT2D eigenvalue weighted by Crippen LogP contribution is -2.24. The zero-order chi connectivity index (χ0) is 22.4. The number of Topliss-reactive ketones (excluding diaryl/α,β-unsaturated/α-hetero) is 1. The van der Waals surface area contributed by atoms with Crippen LogP contribution in [-0.2, 0) is 23.0 Å². The van der Waals surface area contributed by atoms with Gasteiger partial charge in [-0.05, 0) is 37.1 Å². The molecule has 0 aliphatic rings. The normalized spacial score (nSPS) is 11.8. The predicted molar refractivity (Wildman–Crippen MR) is 124 cm³/mol. The molecule has 3 rings (SSSR count). The fourth-order valence-electron chi connectivity index (χ4n) is 2.91. The molecule has 0 saturated heterocycles. The van der Waals surface area contributed by atoms with E-state index >= 15 is 0 Å². The molecule has 0 bridgehead atoms. The van der Waals surface area contributed by atoms with E-state index in [9.17, 15) is 18.0 Å². The van der Waals surface area contributed by atoms with Crippen LogP contribution in [0.4, 0.5) is 0 Å². The van der Waals surface area contributed by atoms with Crippen molar-refractivity contribution >= 4 is 49.8 Å². The second kappa shape index (κ2) is 10.5. The van der Waals surface area contributed by atoms with Crippen LogP contribution in [-0.4, -0.2) is 54.0 Å². The third-order valence-electron chi connectivity index (χ3n) is 4.37. The molecule has 0 amide bonds. The highest BCUT2D eigenvalue weighted by atomic mass is 32.2. The van der Waals surface area contributed by atoms with Crippen molar-refractivity contribution in [3.8, 4) is 0 Å². The number of hydrogen-bond donors (Lipinski definition) is 2. The van der Waals surface area contributed by atoms with E-state index in [0.717, 1.165) is 11.1 Å². The number of para-hydroxylation sites is 1. The van der Waals surface area contributed by atoms with E-state index in [0.29, 0.717) is 40.3 Å². The van der Waals surface area contributed by atoms with E-state index in [2.05, 4.69) is 9.71 Å². The monoisotopic (exact) mass is 481 g/mol. The number of benzene rings is 1. The van der Waals surface area contributed by atoms with Crippen LogP contribution >= 0.6 is 23.1 Å². The third kappa shape index (κ3) is 6.47. The van der Waals surface area contributed by atoms with Gasteiger partial charge in [0.1, 0.15) is 0 Å². The summed E-state index contributed by atoms with van der Waals surface area (Å²) in [4.78, 5) is 31.5. The van der Waals surface area contributed by atoms with Crippen molar-refractivity contribution < 1.29 is 18.3 Å². The lowest BCUT2D eigenvalue weighted by molar-refractivity contribution is 0.102. The molecule has 0 aliphatic carbocycles. The molecule has 31 heavy (non-hydrogen) atoms. The molecule has 0 radical (unpaired) electrons. The van der Waals surface area contributed by atoms with E-state index in [-0.39, 0.29) is 30.2 Å². The SMILES string of the molecule is CS(=O)(=O)NCCc1ccc(C(=O)CSc2nc3ccccc3c(=O)n2CCCO)s1. The highest BCUT2D eigenvalue weighted by molar-refractivity contribution is 7.99. The summed E-state index contributed by atoms with van der Waals surface area (Å²) in [6.07, 6.45) is 2.02. The van der Waals surface area contributed by atoms with Gasteiger partial charge in [0.2, 0.25) is 10.0 Å². The summed E-state index contributed by atoms with van der Waals surface area (Å²) in [6.45, 7) is 0.550. The van der Waals surface area contributed by atoms with Gasteiger partial charge in [0.15, 0.2) is 10.9 Å². The van der Waals surface area contributed by atoms with Crippen LogP contribution in [0.3, 0.4) is 0 Å². The summed E-state index contributed by atoms with van der Waals surface area (Å²) in [5, 5.41) is 10.1. The number of aromatic nitrogens is 2. The Morgan fingerprint density at radius 1 is 1.26 bits per heavy atom. The number of fused-ring (bicyclic) bond motifs is 1. The van der Waals surface area contributed by atoms with Crippen molar-refractivity contribution in [3.05, 3.63) is 56.5 Å². The number of carbonyl (C=O) groups excluding carboxylic acids is 1. The summed E-state index contributed by atoms with van der Waals surface area (Å²) in [7, 11) is -3.24. The molecule has 0 aliphatic heterocycles. The zero-order valence-electron chi connectivity index (χ0n) is 16.9. The molecule has 2 heterocycles. The molecule has 2 aromatic heterocycles. The van der Waals surface area contributed by atoms with Crippen LogP contribution < -0.4 is 10.3 Å². The standard InChI is InChI=1S/C20H23N3O5S3/c1-31(27,28)21-10-9-14-7-8-18(30-14)17(25)13-29-20-22-16-6-3-2-5-15(16)19(26)23(20)11-4-12-24/h2-3,5-8,21,24H,4,9-13H2,1H3. The predicted octanol–water partition coefficient (Wildman–Crippen LogP) is 1.91. The van der Waals surface area contributed by atoms with E-state index in [1.54, 1.807) is 30.3 Å². The maximum atomic E-state index is 12.8. The number of aliphatic hydroxyl groups excluding tert-OH is 1. The number of sulfonamides is 1. The van der Waals surface area contributed by atoms with Gasteiger partial charge in [-0.3, -0.25) is 14.2 Å². The average molecular weight is 482 g/mol. The molecule has 1 aromatic carbocycles. The Morgan fingerprint density at radius 3 is 2.77 bits per heavy atom. The molecule has 0 atom stereocenters. The Bertz CT molecular complexity index is 1230. The minimum atomic E-state index is -3.24. The number of carbonyl (C=O) groups is 1. The number of ketones is 1. The quantitative estimate of drug-likeness (QED) is 0.244. The molecule has 0 spiro atoms. The van der Waals surface area contributed by atoms with Crippen molar-refractivity contribution in [1.29, 1.82) is 0 Å². The van der Waals surface area contributed by atoms with Crippen molar-refractivity contribution in [2.75, 3.05) is 25.2 Å². The lowest BCUT2D eigenvalue weighted by Gasteiger charge is -2.12. The third-order valence-corrected chi connectivity index (χ3v) is 7.26. The molecule has 166 valence electrons. The van der Waals surface area contributed by atoms with Crippen LogP contribution in [0, 0.1) is 0 Å². The zero-order valence-corrected chi connectivity index (χ0v) is 19.4. The van der Waals surface area contributed by atoms with Gasteiger partial charge in [0.05, 0.1) is 27.8 Å². The van der Waals surface area contributed by atoms with Crippen LogP contribution in [0.1, 0.15) is 21.0 Å². The second-order valence-corrected chi connectivity index (χ2v) is 10.8. The molecule has 0 saturated carbocycles. The van der Waals surface area contributed by atoms with E-state index in [4.69, 9.17) is 5.11 Å². The smallest absolute Gasteiger partial charge is 0.262 e. The van der Waals surface area contributed by atoms with Gasteiger partial charge < -0.3 is 5.11 Å². The summed E-state index contributed by atoms with van der Waals surface area (Å²) in [6, 6.07) is 10.6. The first kappa shape index (κ1) is 23.6. The van der Waals surface area contributed by atoms with Crippen molar-refractivity contribution in [1.82, 2.24) is 14.3 Å². The number of thioether (sulfide) groups is 1. The maximum absolute atomic E-state index is 12.8. The number of nitrogens with one attached hydrogen (secondary N) is 1. The fourth-order valence-corrected chi connectivity index (χ4v) is 5.32. The lowest BCUT2D eigenvalue weighted by atomic mass is 10.2. The first-order valence-corrected chi connectivity index (χ1v) is 13.3. The highest BCUT2D eigenvalue weighted by Gasteiger charge is 2.15. The number of thiophene rings is 1. The summed E-state index contributed by atoms with van der Waals surface area (Å²) in [5.41, 5.74) is 0.380. The van der Waals surface area contributed by atoms with Gasteiger partial charge in [0, 0.05) is 24.6 Å². The van der Waals surface area contributed by atoms with Gasteiger partial charge in [-0.2, -0.15) is 0 Å². The number of rotatable bonds is 11. The highest BCUT2D eigenvalue weighted by Crippen LogP contribution is 2.23. The number of hydrogen-bond acceptors (Lipinski definition) is 8. The summed E-state index contributed by atoms with van der Waals surface area (Å²) in [5.74, 6) is 0.0271. The molecule has 11 heteroatoms. The van der Waals surface area contributed by atoms with Crippen LogP contribution in [0.5, 0.6) is 0 Å². The molecule has 0 fully saturated rings. The first-order chi connectivity index (χ1) is 14.8. The molecule has 2 N–H and O–H groups in total. The Kier molecular flexibility index (Phi) is 8.00. The summed E-state index contributed by atoms with van der Waals surface area (Å²) < 4.78 is 26.2. The average Bonchev–Trinajstić information content (AvgIpc) is 3.19. The largest absolute Gasteiger partial charge is 0.396 e. The molecule has 8 nitrogen and oxygen atoms in total. The van der Waals surface area contributed by atoms with Gasteiger partial charge >= 0.3 is 0 Å². The minimum Gasteiger partial charge on any atom is -0.396 e. The molecular weight excluding hydrogens is 458 g/mol. The summed E-state index contributed by atoms with van der Waals surface area (Å²) >= 11 is 2.53. The van der Waals surface area contributed by atoms with Gasteiger partial charge in [-0.25, -0.2) is 18.1 Å². The van der Waals surface area contributed by atoms with Gasteiger partial charge in [-0.1, -0.05) is 23.9 Å². The van der Waals surface area contributed by atoms with Crippen molar-refractivity contribution in [2.24, 2.45) is 0 Å². The van der Waals surface area contributed by atoms with Crippen molar-refractivity contribution in [2.45, 2.75) is 24.5 Å². The number of aliphatic hydroxyl groups is 1. The van der Waals surface area contributed by atoms with E-state index in [1.807, 2.05) is 6.07 Å². The van der Waals surface area contributed by atoms with Crippen LogP contribution in [0.2, 0.25) is 0 Å². The van der Waals surface area contributed by atoms with Crippen LogP contribution in [0.15, 0.2) is 46.3 Å². The molecule has 0 unspecified atom stereocenters. The number of nitrogens with zero attached hydrogens (tertiary/aromatic N) is 2. The van der Waals surface area contributed by atoms with E-state index in [1.165, 1.54) is 27.7 Å². The fraction of sp³-hybridized carbons (Fsp3) is 0.350. The van der Waals surface area contributed by atoms with Crippen molar-refractivity contribution in [3.63, 3.8) is 0 Å². The minimum absolute atomic E-state index is 0.0472. The van der Waals surface area contributed by atoms with Gasteiger partial charge in [0.25, 0.3) is 5.56 Å². The Labute approximate surface area is 188 Å². The van der Waals surface area contributed by atoms with E-state index < -0.39 is 10.0 Å². The first-order valence-electron chi connectivity index (χ1n) is 9.58.